The van der Waals surface area contributed by atoms with Crippen LogP contribution in [0.4, 0.5) is 5.69 Å². The van der Waals surface area contributed by atoms with E-state index in [9.17, 15) is 8.42 Å². The van der Waals surface area contributed by atoms with Gasteiger partial charge in [0.1, 0.15) is 0 Å². The Morgan fingerprint density at radius 2 is 1.38 bits per heavy atom. The predicted molar refractivity (Wildman–Crippen MR) is 168 cm³/mol. The standard InChI is InChI=1S/C32H37Cl2N3O2S/c1-23(2)20-35-15-17-36(18-16-35)30-6-4-5-26(19-30)32(40(3,38)39)27-21-37(22-27)31(24-7-11-28(33)12-8-24)25-9-13-29(34)14-10-25/h4-14,19,23,31H,15-18,20-22H2,1-3H3. The van der Waals surface area contributed by atoms with E-state index < -0.39 is 9.84 Å². The number of halogens is 2. The van der Waals surface area contributed by atoms with Crippen molar-refractivity contribution in [2.24, 2.45) is 5.92 Å². The van der Waals surface area contributed by atoms with Crippen molar-refractivity contribution in [2.45, 2.75) is 19.9 Å². The van der Waals surface area contributed by atoms with E-state index >= 15 is 0 Å². The first-order valence-corrected chi connectivity index (χ1v) is 16.5. The van der Waals surface area contributed by atoms with Gasteiger partial charge in [-0.15, -0.1) is 0 Å². The van der Waals surface area contributed by atoms with Gasteiger partial charge >= 0.3 is 0 Å². The number of rotatable bonds is 8. The Hall–Kier alpha value is -2.35. The van der Waals surface area contributed by atoms with Gasteiger partial charge in [-0.25, -0.2) is 8.42 Å². The number of benzene rings is 3. The zero-order valence-corrected chi connectivity index (χ0v) is 25.7. The molecular formula is C32H37Cl2N3O2S. The topological polar surface area (TPSA) is 43.9 Å². The average Bonchev–Trinajstić information content (AvgIpc) is 2.89. The molecule has 5 nitrogen and oxygen atoms in total. The van der Waals surface area contributed by atoms with Crippen LogP contribution in [0.3, 0.4) is 0 Å². The fourth-order valence-corrected chi connectivity index (χ4v) is 7.36. The van der Waals surface area contributed by atoms with Gasteiger partial charge in [0.2, 0.25) is 0 Å². The molecule has 3 aromatic rings. The van der Waals surface area contributed by atoms with Crippen molar-refractivity contribution in [3.63, 3.8) is 0 Å². The molecule has 40 heavy (non-hydrogen) atoms. The quantitative estimate of drug-likeness (QED) is 0.291. The van der Waals surface area contributed by atoms with Gasteiger partial charge in [0.05, 0.1) is 10.9 Å². The summed E-state index contributed by atoms with van der Waals surface area (Å²) in [5.41, 5.74) is 5.00. The smallest absolute Gasteiger partial charge is 0.176 e. The van der Waals surface area contributed by atoms with Crippen molar-refractivity contribution in [3.8, 4) is 0 Å². The molecule has 3 aromatic carbocycles. The molecule has 0 atom stereocenters. The third-order valence-electron chi connectivity index (χ3n) is 7.69. The van der Waals surface area contributed by atoms with Crippen LogP contribution in [0.1, 0.15) is 36.6 Å². The van der Waals surface area contributed by atoms with Crippen LogP contribution in [0.15, 0.2) is 78.4 Å². The molecule has 0 aliphatic carbocycles. The highest BCUT2D eigenvalue weighted by atomic mass is 35.5. The lowest BCUT2D eigenvalue weighted by Gasteiger charge is -2.42. The van der Waals surface area contributed by atoms with Crippen LogP contribution >= 0.6 is 23.2 Å². The molecule has 0 bridgehead atoms. The first kappa shape index (κ1) is 29.2. The minimum atomic E-state index is -3.45. The number of anilines is 1. The second-order valence-electron chi connectivity index (χ2n) is 11.3. The van der Waals surface area contributed by atoms with Crippen LogP contribution in [0.25, 0.3) is 4.91 Å². The van der Waals surface area contributed by atoms with E-state index in [-0.39, 0.29) is 6.04 Å². The molecule has 5 rings (SSSR count). The zero-order valence-electron chi connectivity index (χ0n) is 23.4. The Labute approximate surface area is 248 Å². The second kappa shape index (κ2) is 12.3. The summed E-state index contributed by atoms with van der Waals surface area (Å²) in [4.78, 5) is 7.63. The zero-order chi connectivity index (χ0) is 28.4. The van der Waals surface area contributed by atoms with Crippen molar-refractivity contribution in [1.82, 2.24) is 9.80 Å². The van der Waals surface area contributed by atoms with E-state index in [0.29, 0.717) is 34.0 Å². The first-order chi connectivity index (χ1) is 19.1. The number of sulfone groups is 1. The van der Waals surface area contributed by atoms with Gasteiger partial charge in [-0.1, -0.05) is 73.4 Å². The molecule has 0 aromatic heterocycles. The van der Waals surface area contributed by atoms with E-state index in [1.165, 1.54) is 6.26 Å². The fraction of sp³-hybridized carbons (Fsp3) is 0.375. The maximum absolute atomic E-state index is 13.2. The third-order valence-corrected chi connectivity index (χ3v) is 9.46. The second-order valence-corrected chi connectivity index (χ2v) is 14.2. The molecular weight excluding hydrogens is 561 g/mol. The summed E-state index contributed by atoms with van der Waals surface area (Å²) < 4.78 is 26.3. The lowest BCUT2D eigenvalue weighted by atomic mass is 9.92. The molecule has 8 heteroatoms. The summed E-state index contributed by atoms with van der Waals surface area (Å²) in [5, 5.41) is 1.37. The fourth-order valence-electron chi connectivity index (χ4n) is 5.90. The van der Waals surface area contributed by atoms with Crippen LogP contribution in [0.5, 0.6) is 0 Å². The SMILES string of the molecule is CC(C)CN1CCN(c2cccc(C(=C3CN(C(c4ccc(Cl)cc4)c4ccc(Cl)cc4)C3)S(C)(=O)=O)c2)CC1. The van der Waals surface area contributed by atoms with Gasteiger partial charge in [0.25, 0.3) is 0 Å². The van der Waals surface area contributed by atoms with Gasteiger partial charge in [-0.3, -0.25) is 9.80 Å². The Morgan fingerprint density at radius 3 is 1.88 bits per heavy atom. The molecule has 0 saturated carbocycles. The van der Waals surface area contributed by atoms with Crippen LogP contribution in [0, 0.1) is 5.92 Å². The van der Waals surface area contributed by atoms with E-state index in [0.717, 1.165) is 60.7 Å². The van der Waals surface area contributed by atoms with Crippen LogP contribution in [-0.4, -0.2) is 70.3 Å². The molecule has 2 aliphatic heterocycles. The van der Waals surface area contributed by atoms with Crippen molar-refractivity contribution < 1.29 is 8.42 Å². The molecule has 2 saturated heterocycles. The Balaban J connectivity index is 1.41. The number of hydrogen-bond acceptors (Lipinski definition) is 5. The normalized spacial score (nSPS) is 17.0. The summed E-state index contributed by atoms with van der Waals surface area (Å²) in [5.74, 6) is 0.653. The van der Waals surface area contributed by atoms with Crippen LogP contribution in [-0.2, 0) is 9.84 Å². The summed E-state index contributed by atoms with van der Waals surface area (Å²) in [6.07, 6.45) is 1.32. The summed E-state index contributed by atoms with van der Waals surface area (Å²) in [6.45, 7) is 10.7. The van der Waals surface area contributed by atoms with Crippen molar-refractivity contribution in [1.29, 1.82) is 0 Å². The highest BCUT2D eigenvalue weighted by molar-refractivity contribution is 8.00. The molecule has 212 valence electrons. The van der Waals surface area contributed by atoms with Gasteiger partial charge in [0.15, 0.2) is 9.84 Å². The molecule has 0 spiro atoms. The van der Waals surface area contributed by atoms with Gasteiger partial charge in [-0.2, -0.15) is 0 Å². The van der Waals surface area contributed by atoms with Crippen molar-refractivity contribution in [2.75, 3.05) is 57.0 Å². The molecule has 0 unspecified atom stereocenters. The first-order valence-electron chi connectivity index (χ1n) is 13.8. The average molecular weight is 599 g/mol. The van der Waals surface area contributed by atoms with Crippen molar-refractivity contribution in [3.05, 3.63) is 105 Å². The molecule has 0 radical (unpaired) electrons. The summed E-state index contributed by atoms with van der Waals surface area (Å²) in [7, 11) is -3.45. The van der Waals surface area contributed by atoms with E-state index in [4.69, 9.17) is 23.2 Å². The molecule has 2 heterocycles. The number of hydrogen-bond donors (Lipinski definition) is 0. The Morgan fingerprint density at radius 1 is 0.825 bits per heavy atom. The van der Waals surface area contributed by atoms with Gasteiger partial charge < -0.3 is 4.90 Å². The van der Waals surface area contributed by atoms with Crippen LogP contribution in [0.2, 0.25) is 10.0 Å². The molecule has 2 fully saturated rings. The van der Waals surface area contributed by atoms with Gasteiger partial charge in [-0.05, 0) is 64.6 Å². The molecule has 0 N–H and O–H groups in total. The molecule has 0 amide bonds. The maximum atomic E-state index is 13.2. The lowest BCUT2D eigenvalue weighted by Crippen LogP contribution is -2.47. The van der Waals surface area contributed by atoms with E-state index in [2.05, 4.69) is 40.7 Å². The van der Waals surface area contributed by atoms with Gasteiger partial charge in [0, 0.05) is 67.8 Å². The van der Waals surface area contributed by atoms with Crippen LogP contribution < -0.4 is 4.90 Å². The largest absolute Gasteiger partial charge is 0.369 e. The highest BCUT2D eigenvalue weighted by Gasteiger charge is 2.35. The Bertz CT molecular complexity index is 1410. The summed E-state index contributed by atoms with van der Waals surface area (Å²) >= 11 is 12.4. The number of likely N-dealkylation sites (tertiary alicyclic amines) is 1. The van der Waals surface area contributed by atoms with Crippen molar-refractivity contribution >= 4 is 43.6 Å². The maximum Gasteiger partial charge on any atom is 0.176 e. The lowest BCUT2D eigenvalue weighted by molar-refractivity contribution is 0.203. The monoisotopic (exact) mass is 597 g/mol. The highest BCUT2D eigenvalue weighted by Crippen LogP contribution is 2.39. The van der Waals surface area contributed by atoms with E-state index in [1.54, 1.807) is 0 Å². The number of nitrogens with zero attached hydrogens (tertiary/aromatic N) is 3. The minimum Gasteiger partial charge on any atom is -0.369 e. The predicted octanol–water partition coefficient (Wildman–Crippen LogP) is 6.63. The minimum absolute atomic E-state index is 0.0347. The Kier molecular flexibility index (Phi) is 8.93. The molecule has 2 aliphatic rings. The number of piperazine rings is 1. The third kappa shape index (κ3) is 6.75. The summed E-state index contributed by atoms with van der Waals surface area (Å²) in [6, 6.07) is 23.7. The van der Waals surface area contributed by atoms with E-state index in [1.807, 2.05) is 60.7 Å².